The molecular weight excluding hydrogens is 417 g/mol. The van der Waals surface area contributed by atoms with Gasteiger partial charge in [-0.05, 0) is 56.2 Å². The largest absolute Gasteiger partial charge is 0.345 e. The molecule has 0 spiro atoms. The standard InChI is InChI=1S/C24H21Cl2N3O/c1-15-12-19(17(3)29(15)22-11-7-10-21(25)23(22)26)13-20(14-27)24(30)28-16(2)18-8-5-4-6-9-18/h4-13,16H,1-3H3,(H,28,30)/b20-13-/t16-/m1/s1. The fourth-order valence-electron chi connectivity index (χ4n) is 3.37. The fraction of sp³-hybridized carbons (Fsp3) is 0.167. The van der Waals surface area contributed by atoms with E-state index in [0.717, 1.165) is 28.2 Å². The topological polar surface area (TPSA) is 57.8 Å². The molecule has 0 unspecified atom stereocenters. The molecule has 0 aliphatic carbocycles. The van der Waals surface area contributed by atoms with Gasteiger partial charge in [0, 0.05) is 11.4 Å². The number of nitrogens with one attached hydrogen (secondary N) is 1. The lowest BCUT2D eigenvalue weighted by molar-refractivity contribution is -0.117. The normalized spacial score (nSPS) is 12.3. The number of nitrogens with zero attached hydrogens (tertiary/aromatic N) is 2. The number of nitriles is 1. The first-order valence-electron chi connectivity index (χ1n) is 9.44. The SMILES string of the molecule is Cc1cc(/C=C(/C#N)C(=O)N[C@H](C)c2ccccc2)c(C)n1-c1cccc(Cl)c1Cl. The maximum absolute atomic E-state index is 12.7. The van der Waals surface area contributed by atoms with Crippen LogP contribution in [-0.2, 0) is 4.79 Å². The Balaban J connectivity index is 1.92. The van der Waals surface area contributed by atoms with Gasteiger partial charge in [0.15, 0.2) is 0 Å². The number of hydrogen-bond acceptors (Lipinski definition) is 2. The van der Waals surface area contributed by atoms with E-state index < -0.39 is 5.91 Å². The first-order valence-corrected chi connectivity index (χ1v) is 10.2. The maximum atomic E-state index is 12.7. The monoisotopic (exact) mass is 437 g/mol. The highest BCUT2D eigenvalue weighted by Gasteiger charge is 2.17. The third-order valence-corrected chi connectivity index (χ3v) is 5.76. The van der Waals surface area contributed by atoms with Crippen molar-refractivity contribution in [2.24, 2.45) is 0 Å². The molecule has 0 bridgehead atoms. The molecule has 0 saturated carbocycles. The van der Waals surface area contributed by atoms with Crippen LogP contribution in [0.2, 0.25) is 10.0 Å². The van der Waals surface area contributed by atoms with E-state index in [1.54, 1.807) is 12.1 Å². The van der Waals surface area contributed by atoms with Crippen LogP contribution in [0.3, 0.4) is 0 Å². The number of hydrogen-bond donors (Lipinski definition) is 1. The quantitative estimate of drug-likeness (QED) is 0.382. The molecule has 1 aromatic heterocycles. The highest BCUT2D eigenvalue weighted by atomic mass is 35.5. The van der Waals surface area contributed by atoms with Gasteiger partial charge in [0.05, 0.1) is 21.8 Å². The molecule has 152 valence electrons. The molecule has 0 aliphatic rings. The molecule has 3 rings (SSSR count). The number of amides is 1. The van der Waals surface area contributed by atoms with Crippen molar-refractivity contribution in [2.45, 2.75) is 26.8 Å². The van der Waals surface area contributed by atoms with Crippen LogP contribution in [0, 0.1) is 25.2 Å². The molecule has 2 aromatic carbocycles. The van der Waals surface area contributed by atoms with Crippen molar-refractivity contribution in [1.82, 2.24) is 9.88 Å². The van der Waals surface area contributed by atoms with Gasteiger partial charge in [0.25, 0.3) is 5.91 Å². The third-order valence-electron chi connectivity index (χ3n) is 4.95. The van der Waals surface area contributed by atoms with Crippen LogP contribution < -0.4 is 5.32 Å². The smallest absolute Gasteiger partial charge is 0.262 e. The molecule has 6 heteroatoms. The second-order valence-electron chi connectivity index (χ2n) is 7.01. The van der Waals surface area contributed by atoms with Gasteiger partial charge in [0.1, 0.15) is 11.6 Å². The summed E-state index contributed by atoms with van der Waals surface area (Å²) < 4.78 is 1.96. The fourth-order valence-corrected chi connectivity index (χ4v) is 3.75. The Kier molecular flexibility index (Phi) is 6.66. The van der Waals surface area contributed by atoms with E-state index in [4.69, 9.17) is 23.2 Å². The Morgan fingerprint density at radius 3 is 2.50 bits per heavy atom. The average molecular weight is 438 g/mol. The van der Waals surface area contributed by atoms with E-state index in [1.807, 2.05) is 79.9 Å². The van der Waals surface area contributed by atoms with Crippen molar-refractivity contribution in [3.05, 3.63) is 92.7 Å². The number of aromatic nitrogens is 1. The molecule has 0 fully saturated rings. The summed E-state index contributed by atoms with van der Waals surface area (Å²) >= 11 is 12.6. The van der Waals surface area contributed by atoms with Crippen LogP contribution >= 0.6 is 23.2 Å². The first kappa shape index (κ1) is 21.7. The zero-order valence-corrected chi connectivity index (χ0v) is 18.4. The molecule has 0 aliphatic heterocycles. The molecule has 1 amide bonds. The van der Waals surface area contributed by atoms with Crippen molar-refractivity contribution in [3.63, 3.8) is 0 Å². The van der Waals surface area contributed by atoms with Crippen LogP contribution in [-0.4, -0.2) is 10.5 Å². The lowest BCUT2D eigenvalue weighted by atomic mass is 10.1. The molecule has 4 nitrogen and oxygen atoms in total. The predicted molar refractivity (Wildman–Crippen MR) is 122 cm³/mol. The van der Waals surface area contributed by atoms with Gasteiger partial charge in [-0.15, -0.1) is 0 Å². The van der Waals surface area contributed by atoms with Crippen LogP contribution in [0.15, 0.2) is 60.2 Å². The zero-order valence-electron chi connectivity index (χ0n) is 16.9. The zero-order chi connectivity index (χ0) is 21.8. The van der Waals surface area contributed by atoms with Crippen molar-refractivity contribution in [3.8, 4) is 11.8 Å². The summed E-state index contributed by atoms with van der Waals surface area (Å²) in [5.41, 5.74) is 4.29. The van der Waals surface area contributed by atoms with Crippen LogP contribution in [0.1, 0.15) is 35.5 Å². The summed E-state index contributed by atoms with van der Waals surface area (Å²) in [6.07, 6.45) is 1.60. The van der Waals surface area contributed by atoms with Crippen LogP contribution in [0.4, 0.5) is 0 Å². The number of benzene rings is 2. The van der Waals surface area contributed by atoms with Crippen molar-refractivity contribution in [1.29, 1.82) is 5.26 Å². The van der Waals surface area contributed by atoms with Crippen LogP contribution in [0.25, 0.3) is 11.8 Å². The minimum atomic E-state index is -0.417. The molecule has 0 saturated heterocycles. The summed E-state index contributed by atoms with van der Waals surface area (Å²) in [5.74, 6) is -0.417. The second kappa shape index (κ2) is 9.21. The van der Waals surface area contributed by atoms with Crippen molar-refractivity contribution >= 4 is 35.2 Å². The number of carbonyl (C=O) groups is 1. The minimum Gasteiger partial charge on any atom is -0.345 e. The summed E-state index contributed by atoms with van der Waals surface area (Å²) in [6, 6.07) is 18.8. The van der Waals surface area contributed by atoms with Gasteiger partial charge in [0.2, 0.25) is 0 Å². The molecule has 0 radical (unpaired) electrons. The Morgan fingerprint density at radius 2 is 1.83 bits per heavy atom. The second-order valence-corrected chi connectivity index (χ2v) is 7.80. The number of aryl methyl sites for hydroxylation is 1. The average Bonchev–Trinajstić information content (AvgIpc) is 3.01. The van der Waals surface area contributed by atoms with Crippen LogP contribution in [0.5, 0.6) is 0 Å². The molecule has 1 atom stereocenters. The number of rotatable bonds is 5. The van der Waals surface area contributed by atoms with Gasteiger partial charge in [-0.1, -0.05) is 59.6 Å². The molecule has 1 heterocycles. The van der Waals surface area contributed by atoms with Crippen molar-refractivity contribution < 1.29 is 4.79 Å². The summed E-state index contributed by atoms with van der Waals surface area (Å²) in [7, 11) is 0. The van der Waals surface area contributed by atoms with E-state index in [1.165, 1.54) is 0 Å². The lowest BCUT2D eigenvalue weighted by Gasteiger charge is -2.14. The lowest BCUT2D eigenvalue weighted by Crippen LogP contribution is -2.27. The van der Waals surface area contributed by atoms with Gasteiger partial charge < -0.3 is 9.88 Å². The Hall–Kier alpha value is -3.00. The summed E-state index contributed by atoms with van der Waals surface area (Å²) in [5, 5.41) is 13.4. The first-order chi connectivity index (χ1) is 14.3. The van der Waals surface area contributed by atoms with Crippen molar-refractivity contribution in [2.75, 3.05) is 0 Å². The van der Waals surface area contributed by atoms with E-state index >= 15 is 0 Å². The Labute approximate surface area is 186 Å². The van der Waals surface area contributed by atoms with E-state index in [-0.39, 0.29) is 11.6 Å². The molecule has 1 N–H and O–H groups in total. The van der Waals surface area contributed by atoms with E-state index in [9.17, 15) is 10.1 Å². The van der Waals surface area contributed by atoms with Gasteiger partial charge in [-0.3, -0.25) is 4.79 Å². The van der Waals surface area contributed by atoms with E-state index in [2.05, 4.69) is 5.32 Å². The van der Waals surface area contributed by atoms with Gasteiger partial charge in [-0.2, -0.15) is 5.26 Å². The number of halogens is 2. The summed E-state index contributed by atoms with van der Waals surface area (Å²) in [6.45, 7) is 5.73. The molecule has 3 aromatic rings. The molecular formula is C24H21Cl2N3O. The predicted octanol–water partition coefficient (Wildman–Crippen LogP) is 6.19. The minimum absolute atomic E-state index is 0.0372. The number of carbonyl (C=O) groups excluding carboxylic acids is 1. The maximum Gasteiger partial charge on any atom is 0.262 e. The Morgan fingerprint density at radius 1 is 1.13 bits per heavy atom. The third kappa shape index (κ3) is 4.43. The van der Waals surface area contributed by atoms with Gasteiger partial charge in [-0.25, -0.2) is 0 Å². The van der Waals surface area contributed by atoms with E-state index in [0.29, 0.717) is 10.0 Å². The molecule has 30 heavy (non-hydrogen) atoms. The Bertz CT molecular complexity index is 1160. The highest BCUT2D eigenvalue weighted by Crippen LogP contribution is 2.32. The van der Waals surface area contributed by atoms with Gasteiger partial charge >= 0.3 is 0 Å². The summed E-state index contributed by atoms with van der Waals surface area (Å²) in [4.78, 5) is 12.7. The highest BCUT2D eigenvalue weighted by molar-refractivity contribution is 6.43.